The summed E-state index contributed by atoms with van der Waals surface area (Å²) in [6, 6.07) is 25.2. The second-order valence-electron chi connectivity index (χ2n) is 11.4. The van der Waals surface area contributed by atoms with Gasteiger partial charge in [0.05, 0.1) is 38.4 Å². The van der Waals surface area contributed by atoms with Gasteiger partial charge in [-0.25, -0.2) is 9.48 Å². The molecule has 0 spiro atoms. The van der Waals surface area contributed by atoms with E-state index in [1.807, 2.05) is 61.5 Å². The number of aromatic nitrogens is 2. The van der Waals surface area contributed by atoms with Gasteiger partial charge in [-0.3, -0.25) is 5.32 Å². The van der Waals surface area contributed by atoms with Crippen molar-refractivity contribution in [1.29, 1.82) is 0 Å². The summed E-state index contributed by atoms with van der Waals surface area (Å²) in [6.45, 7) is 9.05. The standard InChI is InChI=1S/C35H38N4O4/c1-23-11-13-25(35(2,3)4)22-29(23)39-33(17-19-36-39)38-34(40)37-28-14-16-30(27-10-8-7-9-26(27)28)43-20-18-24-12-15-31(41-5)32(21-24)42-6/h7-17,19,21-22H,18,20H2,1-6H3,(H2,37,38,40). The Hall–Kier alpha value is -4.98. The highest BCUT2D eigenvalue weighted by Gasteiger charge is 2.18. The van der Waals surface area contributed by atoms with Gasteiger partial charge in [0.1, 0.15) is 11.6 Å². The van der Waals surface area contributed by atoms with E-state index in [-0.39, 0.29) is 11.4 Å². The molecule has 0 aliphatic heterocycles. The molecule has 2 N–H and O–H groups in total. The van der Waals surface area contributed by atoms with Crippen LogP contribution >= 0.6 is 0 Å². The molecule has 0 fully saturated rings. The summed E-state index contributed by atoms with van der Waals surface area (Å²) in [5.41, 5.74) is 4.92. The lowest BCUT2D eigenvalue weighted by Crippen LogP contribution is -2.22. The van der Waals surface area contributed by atoms with Crippen LogP contribution in [0.3, 0.4) is 0 Å². The molecule has 1 aromatic heterocycles. The zero-order chi connectivity index (χ0) is 30.6. The number of ether oxygens (including phenoxy) is 3. The molecule has 0 unspecified atom stereocenters. The van der Waals surface area contributed by atoms with Crippen molar-refractivity contribution in [3.05, 3.63) is 102 Å². The van der Waals surface area contributed by atoms with E-state index in [1.165, 1.54) is 5.56 Å². The molecule has 0 aliphatic carbocycles. The number of amides is 2. The van der Waals surface area contributed by atoms with E-state index in [9.17, 15) is 4.79 Å². The minimum Gasteiger partial charge on any atom is -0.493 e. The van der Waals surface area contributed by atoms with E-state index >= 15 is 0 Å². The Balaban J connectivity index is 1.30. The van der Waals surface area contributed by atoms with E-state index in [1.54, 1.807) is 31.2 Å². The monoisotopic (exact) mass is 578 g/mol. The molecule has 1 heterocycles. The fourth-order valence-corrected chi connectivity index (χ4v) is 4.99. The van der Waals surface area contributed by atoms with E-state index in [2.05, 4.69) is 54.7 Å². The van der Waals surface area contributed by atoms with Crippen molar-refractivity contribution < 1.29 is 19.0 Å². The number of aryl methyl sites for hydroxylation is 1. The quantitative estimate of drug-likeness (QED) is 0.186. The predicted octanol–water partition coefficient (Wildman–Crippen LogP) is 7.91. The summed E-state index contributed by atoms with van der Waals surface area (Å²) in [7, 11) is 3.25. The lowest BCUT2D eigenvalue weighted by Gasteiger charge is -2.21. The predicted molar refractivity (Wildman–Crippen MR) is 172 cm³/mol. The van der Waals surface area contributed by atoms with Crippen LogP contribution in [0.25, 0.3) is 16.5 Å². The molecule has 5 rings (SSSR count). The van der Waals surface area contributed by atoms with Crippen LogP contribution < -0.4 is 24.8 Å². The number of hydrogen-bond donors (Lipinski definition) is 2. The molecule has 0 bridgehead atoms. The Morgan fingerprint density at radius 2 is 1.58 bits per heavy atom. The van der Waals surface area contributed by atoms with Gasteiger partial charge in [0.25, 0.3) is 0 Å². The first kappa shape index (κ1) is 29.5. The molecule has 8 heteroatoms. The number of fused-ring (bicyclic) bond motifs is 1. The molecule has 2 amide bonds. The van der Waals surface area contributed by atoms with Gasteiger partial charge >= 0.3 is 6.03 Å². The zero-order valence-corrected chi connectivity index (χ0v) is 25.5. The largest absolute Gasteiger partial charge is 0.493 e. The smallest absolute Gasteiger partial charge is 0.324 e. The third kappa shape index (κ3) is 6.59. The van der Waals surface area contributed by atoms with Gasteiger partial charge in [-0.15, -0.1) is 0 Å². The number of urea groups is 1. The number of carbonyl (C=O) groups is 1. The highest BCUT2D eigenvalue weighted by molar-refractivity contribution is 6.07. The molecule has 0 saturated carbocycles. The number of methoxy groups -OCH3 is 2. The maximum Gasteiger partial charge on any atom is 0.324 e. The van der Waals surface area contributed by atoms with Crippen LogP contribution in [0.2, 0.25) is 0 Å². The van der Waals surface area contributed by atoms with Crippen LogP contribution in [-0.2, 0) is 11.8 Å². The summed E-state index contributed by atoms with van der Waals surface area (Å²) in [6.07, 6.45) is 2.38. The molecule has 43 heavy (non-hydrogen) atoms. The molecule has 0 aliphatic rings. The van der Waals surface area contributed by atoms with Crippen LogP contribution in [0.5, 0.6) is 17.2 Å². The van der Waals surface area contributed by atoms with E-state index in [0.717, 1.165) is 33.3 Å². The van der Waals surface area contributed by atoms with Crippen molar-refractivity contribution in [3.8, 4) is 22.9 Å². The van der Waals surface area contributed by atoms with Crippen molar-refractivity contribution in [2.45, 2.75) is 39.5 Å². The Morgan fingerprint density at radius 1 is 0.837 bits per heavy atom. The molecule has 5 aromatic rings. The molecule has 0 saturated heterocycles. The van der Waals surface area contributed by atoms with Crippen LogP contribution in [0.15, 0.2) is 85.1 Å². The second kappa shape index (κ2) is 12.5. The van der Waals surface area contributed by atoms with Crippen molar-refractivity contribution in [2.75, 3.05) is 31.5 Å². The molecule has 0 atom stereocenters. The summed E-state index contributed by atoms with van der Waals surface area (Å²) in [5.74, 6) is 2.70. The number of anilines is 2. The number of hydrogen-bond acceptors (Lipinski definition) is 5. The van der Waals surface area contributed by atoms with Gasteiger partial charge in [0, 0.05) is 23.3 Å². The van der Waals surface area contributed by atoms with E-state index in [0.29, 0.717) is 36.0 Å². The van der Waals surface area contributed by atoms with Crippen LogP contribution in [-0.4, -0.2) is 36.6 Å². The average molecular weight is 579 g/mol. The molecule has 222 valence electrons. The van der Waals surface area contributed by atoms with Crippen molar-refractivity contribution >= 4 is 28.3 Å². The minimum atomic E-state index is -0.362. The lowest BCUT2D eigenvalue weighted by molar-refractivity contribution is 0.262. The molecular weight excluding hydrogens is 540 g/mol. The Morgan fingerprint density at radius 3 is 2.33 bits per heavy atom. The summed E-state index contributed by atoms with van der Waals surface area (Å²) < 4.78 is 18.7. The normalized spacial score (nSPS) is 11.3. The Kier molecular flexibility index (Phi) is 8.57. The highest BCUT2D eigenvalue weighted by Crippen LogP contribution is 2.33. The SMILES string of the molecule is COc1ccc(CCOc2ccc(NC(=O)Nc3ccnn3-c3cc(C(C)(C)C)ccc3C)c3ccccc23)cc1OC. The Bertz CT molecular complexity index is 1750. The van der Waals surface area contributed by atoms with Crippen molar-refractivity contribution in [1.82, 2.24) is 9.78 Å². The molecule has 8 nitrogen and oxygen atoms in total. The molecule has 4 aromatic carbocycles. The van der Waals surface area contributed by atoms with E-state index in [4.69, 9.17) is 14.2 Å². The van der Waals surface area contributed by atoms with Crippen LogP contribution in [0, 0.1) is 6.92 Å². The number of benzene rings is 4. The van der Waals surface area contributed by atoms with Gasteiger partial charge in [-0.05, 0) is 59.4 Å². The van der Waals surface area contributed by atoms with Gasteiger partial charge in [-0.1, -0.05) is 63.2 Å². The fraction of sp³-hybridized carbons (Fsp3) is 0.257. The van der Waals surface area contributed by atoms with Crippen LogP contribution in [0.4, 0.5) is 16.3 Å². The van der Waals surface area contributed by atoms with Crippen LogP contribution in [0.1, 0.15) is 37.5 Å². The first-order chi connectivity index (χ1) is 20.7. The fourth-order valence-electron chi connectivity index (χ4n) is 4.99. The van der Waals surface area contributed by atoms with Gasteiger partial charge in [0.15, 0.2) is 11.5 Å². The maximum atomic E-state index is 13.2. The van der Waals surface area contributed by atoms with Gasteiger partial charge in [0.2, 0.25) is 0 Å². The molecular formula is C35H38N4O4. The average Bonchev–Trinajstić information content (AvgIpc) is 3.45. The minimum absolute atomic E-state index is 0.0132. The van der Waals surface area contributed by atoms with Crippen molar-refractivity contribution in [3.63, 3.8) is 0 Å². The van der Waals surface area contributed by atoms with Gasteiger partial charge in [-0.2, -0.15) is 5.10 Å². The number of carbonyl (C=O) groups excluding carboxylic acids is 1. The highest BCUT2D eigenvalue weighted by atomic mass is 16.5. The third-order valence-electron chi connectivity index (χ3n) is 7.42. The maximum absolute atomic E-state index is 13.2. The van der Waals surface area contributed by atoms with Gasteiger partial charge < -0.3 is 19.5 Å². The Labute approximate surface area is 252 Å². The number of rotatable bonds is 9. The first-order valence-corrected chi connectivity index (χ1v) is 14.3. The topological polar surface area (TPSA) is 86.6 Å². The summed E-state index contributed by atoms with van der Waals surface area (Å²) >= 11 is 0. The van der Waals surface area contributed by atoms with E-state index < -0.39 is 0 Å². The lowest BCUT2D eigenvalue weighted by atomic mass is 9.86. The number of nitrogens with one attached hydrogen (secondary N) is 2. The second-order valence-corrected chi connectivity index (χ2v) is 11.4. The summed E-state index contributed by atoms with van der Waals surface area (Å²) in [5, 5.41) is 12.3. The first-order valence-electron chi connectivity index (χ1n) is 14.3. The molecule has 0 radical (unpaired) electrons. The third-order valence-corrected chi connectivity index (χ3v) is 7.42. The number of nitrogens with zero attached hydrogens (tertiary/aromatic N) is 2. The zero-order valence-electron chi connectivity index (χ0n) is 25.5. The van der Waals surface area contributed by atoms with Crippen molar-refractivity contribution in [2.24, 2.45) is 0 Å². The summed E-state index contributed by atoms with van der Waals surface area (Å²) in [4.78, 5) is 13.2.